The van der Waals surface area contributed by atoms with E-state index in [-0.39, 0.29) is 26.4 Å². The fourth-order valence-electron chi connectivity index (χ4n) is 0.324. The fraction of sp³-hybridized carbons (Fsp3) is 1.00. The zero-order valence-electron chi connectivity index (χ0n) is 9.48. The van der Waals surface area contributed by atoms with Crippen LogP contribution in [0.25, 0.3) is 0 Å². The monoisotopic (exact) mass is 224 g/mol. The van der Waals surface area contributed by atoms with Crippen LogP contribution in [0.4, 0.5) is 0 Å². The second-order valence-corrected chi connectivity index (χ2v) is 4.00. The van der Waals surface area contributed by atoms with E-state index in [0.29, 0.717) is 6.42 Å². The average molecular weight is 224 g/mol. The van der Waals surface area contributed by atoms with Crippen LogP contribution in [-0.4, -0.2) is 57.9 Å². The Bertz CT molecular complexity index is 135. The molecule has 0 fully saturated rings. The third-order valence-electron chi connectivity index (χ3n) is 2.06. The maximum absolute atomic E-state index is 8.50. The molecule has 0 bridgehead atoms. The standard InChI is InChI=1S/C5H13NO2.C4H11NO2/c1-2-5(6,3-7)4-8;1-4(5,2-6)3-7/h7-8H,2-4,6H2,1H3;6-7H,2-3,5H2,1H3. The number of rotatable bonds is 5. The molecule has 0 radical (unpaired) electrons. The first-order valence-corrected chi connectivity index (χ1v) is 4.82. The molecule has 6 heteroatoms. The van der Waals surface area contributed by atoms with Gasteiger partial charge in [0.1, 0.15) is 0 Å². The van der Waals surface area contributed by atoms with Crippen LogP contribution in [0.1, 0.15) is 20.3 Å². The van der Waals surface area contributed by atoms with Crippen molar-refractivity contribution in [2.75, 3.05) is 26.4 Å². The van der Waals surface area contributed by atoms with E-state index in [4.69, 9.17) is 31.9 Å². The molecule has 0 aromatic rings. The lowest BCUT2D eigenvalue weighted by Crippen LogP contribution is -2.46. The van der Waals surface area contributed by atoms with E-state index in [1.54, 1.807) is 6.92 Å². The van der Waals surface area contributed by atoms with Crippen molar-refractivity contribution >= 4 is 0 Å². The van der Waals surface area contributed by atoms with Gasteiger partial charge in [-0.3, -0.25) is 0 Å². The molecule has 0 rings (SSSR count). The molecule has 0 unspecified atom stereocenters. The molecule has 0 aliphatic rings. The first kappa shape index (κ1) is 17.2. The lowest BCUT2D eigenvalue weighted by molar-refractivity contribution is 0.118. The van der Waals surface area contributed by atoms with E-state index in [1.165, 1.54) is 0 Å². The summed E-state index contributed by atoms with van der Waals surface area (Å²) in [5.74, 6) is 0. The lowest BCUT2D eigenvalue weighted by atomic mass is 10.0. The molecule has 0 amide bonds. The van der Waals surface area contributed by atoms with Gasteiger partial charge in [0.05, 0.1) is 37.5 Å². The third-order valence-corrected chi connectivity index (χ3v) is 2.06. The van der Waals surface area contributed by atoms with Gasteiger partial charge in [0.2, 0.25) is 0 Å². The second kappa shape index (κ2) is 7.98. The maximum atomic E-state index is 8.50. The highest BCUT2D eigenvalue weighted by Gasteiger charge is 2.19. The lowest BCUT2D eigenvalue weighted by Gasteiger charge is -2.21. The van der Waals surface area contributed by atoms with E-state index in [1.807, 2.05) is 6.92 Å². The first-order valence-electron chi connectivity index (χ1n) is 4.82. The van der Waals surface area contributed by atoms with Crippen molar-refractivity contribution in [3.63, 3.8) is 0 Å². The van der Waals surface area contributed by atoms with Crippen LogP contribution < -0.4 is 11.5 Å². The van der Waals surface area contributed by atoms with Crippen molar-refractivity contribution in [1.29, 1.82) is 0 Å². The molecular formula is C9H24N2O4. The van der Waals surface area contributed by atoms with Crippen LogP contribution >= 0.6 is 0 Å². The van der Waals surface area contributed by atoms with E-state index < -0.39 is 11.1 Å². The maximum Gasteiger partial charge on any atom is 0.0633 e. The summed E-state index contributed by atoms with van der Waals surface area (Å²) >= 11 is 0. The highest BCUT2D eigenvalue weighted by Crippen LogP contribution is 2.01. The fourth-order valence-corrected chi connectivity index (χ4v) is 0.324. The molecular weight excluding hydrogens is 200 g/mol. The van der Waals surface area contributed by atoms with Gasteiger partial charge in [-0.05, 0) is 13.3 Å². The molecule has 8 N–H and O–H groups in total. The predicted molar refractivity (Wildman–Crippen MR) is 58.1 cm³/mol. The van der Waals surface area contributed by atoms with Crippen LogP contribution in [0, 0.1) is 0 Å². The van der Waals surface area contributed by atoms with Gasteiger partial charge in [-0.25, -0.2) is 0 Å². The van der Waals surface area contributed by atoms with Crippen LogP contribution in [0.3, 0.4) is 0 Å². The summed E-state index contributed by atoms with van der Waals surface area (Å²) < 4.78 is 0. The molecule has 0 saturated carbocycles. The summed E-state index contributed by atoms with van der Waals surface area (Å²) in [6.45, 7) is 2.74. The van der Waals surface area contributed by atoms with Crippen molar-refractivity contribution in [1.82, 2.24) is 0 Å². The molecule has 94 valence electrons. The average Bonchev–Trinajstić information content (AvgIpc) is 2.29. The molecule has 0 heterocycles. The Morgan fingerprint density at radius 3 is 1.20 bits per heavy atom. The molecule has 0 aliphatic carbocycles. The number of nitrogens with two attached hydrogens (primary N) is 2. The minimum absolute atomic E-state index is 0.153. The Morgan fingerprint density at radius 1 is 0.867 bits per heavy atom. The minimum Gasteiger partial charge on any atom is -0.394 e. The predicted octanol–water partition coefficient (Wildman–Crippen LogP) is -2.23. The summed E-state index contributed by atoms with van der Waals surface area (Å²) in [5, 5.41) is 33.6. The van der Waals surface area contributed by atoms with Gasteiger partial charge < -0.3 is 31.9 Å². The van der Waals surface area contributed by atoms with Crippen molar-refractivity contribution in [3.05, 3.63) is 0 Å². The van der Waals surface area contributed by atoms with E-state index in [0.717, 1.165) is 0 Å². The molecule has 0 aromatic carbocycles. The molecule has 0 atom stereocenters. The van der Waals surface area contributed by atoms with E-state index in [2.05, 4.69) is 0 Å². The molecule has 15 heavy (non-hydrogen) atoms. The Balaban J connectivity index is 0. The molecule has 0 spiro atoms. The molecule has 0 aliphatic heterocycles. The Kier molecular flexibility index (Phi) is 9.13. The summed E-state index contributed by atoms with van der Waals surface area (Å²) in [6.07, 6.45) is 0.597. The minimum atomic E-state index is -0.806. The van der Waals surface area contributed by atoms with Gasteiger partial charge in [-0.1, -0.05) is 6.92 Å². The molecule has 0 saturated heterocycles. The van der Waals surface area contributed by atoms with Crippen molar-refractivity contribution in [3.8, 4) is 0 Å². The summed E-state index contributed by atoms with van der Waals surface area (Å²) in [7, 11) is 0. The van der Waals surface area contributed by atoms with Crippen LogP contribution in [0.2, 0.25) is 0 Å². The van der Waals surface area contributed by atoms with Crippen LogP contribution in [-0.2, 0) is 0 Å². The van der Waals surface area contributed by atoms with Gasteiger partial charge in [0.15, 0.2) is 0 Å². The normalized spacial score (nSPS) is 12.0. The van der Waals surface area contributed by atoms with E-state index >= 15 is 0 Å². The topological polar surface area (TPSA) is 133 Å². The summed E-state index contributed by atoms with van der Waals surface area (Å²) in [6, 6.07) is 0. The van der Waals surface area contributed by atoms with Gasteiger partial charge >= 0.3 is 0 Å². The quantitative estimate of drug-likeness (QED) is 0.313. The zero-order valence-corrected chi connectivity index (χ0v) is 9.48. The van der Waals surface area contributed by atoms with Crippen molar-refractivity contribution in [2.24, 2.45) is 11.5 Å². The summed E-state index contributed by atoms with van der Waals surface area (Å²) in [5.41, 5.74) is 9.04. The van der Waals surface area contributed by atoms with Gasteiger partial charge in [-0.2, -0.15) is 0 Å². The smallest absolute Gasteiger partial charge is 0.0633 e. The Labute approximate surface area is 90.5 Å². The van der Waals surface area contributed by atoms with Crippen molar-refractivity contribution < 1.29 is 20.4 Å². The SMILES string of the molecule is CC(N)(CO)CO.CCC(N)(CO)CO. The first-order chi connectivity index (χ1) is 6.80. The van der Waals surface area contributed by atoms with Gasteiger partial charge in [0, 0.05) is 0 Å². The number of aliphatic hydroxyl groups is 4. The van der Waals surface area contributed by atoms with E-state index in [9.17, 15) is 0 Å². The molecule has 0 aromatic heterocycles. The van der Waals surface area contributed by atoms with Crippen LogP contribution in [0.5, 0.6) is 0 Å². The number of hydrogen-bond acceptors (Lipinski definition) is 6. The highest BCUT2D eigenvalue weighted by molar-refractivity contribution is 4.79. The second-order valence-electron chi connectivity index (χ2n) is 4.00. The zero-order chi connectivity index (χ0) is 12.5. The van der Waals surface area contributed by atoms with Gasteiger partial charge in [-0.15, -0.1) is 0 Å². The Hall–Kier alpha value is -0.240. The van der Waals surface area contributed by atoms with Crippen molar-refractivity contribution in [2.45, 2.75) is 31.3 Å². The van der Waals surface area contributed by atoms with Gasteiger partial charge in [0.25, 0.3) is 0 Å². The largest absolute Gasteiger partial charge is 0.394 e. The third kappa shape index (κ3) is 8.73. The number of hydrogen-bond donors (Lipinski definition) is 6. The molecule has 6 nitrogen and oxygen atoms in total. The summed E-state index contributed by atoms with van der Waals surface area (Å²) in [4.78, 5) is 0. The Morgan fingerprint density at radius 2 is 1.20 bits per heavy atom. The highest BCUT2D eigenvalue weighted by atomic mass is 16.3. The number of aliphatic hydroxyl groups excluding tert-OH is 4. The van der Waals surface area contributed by atoms with Crippen LogP contribution in [0.15, 0.2) is 0 Å².